The molecule has 0 aliphatic rings. The normalized spacial score (nSPS) is 11.8. The van der Waals surface area contributed by atoms with Crippen molar-refractivity contribution in [3.63, 3.8) is 0 Å². The topological polar surface area (TPSA) is 48.5 Å². The fourth-order valence-corrected chi connectivity index (χ4v) is 7.27. The van der Waals surface area contributed by atoms with E-state index in [1.54, 1.807) is 0 Å². The number of rotatable bonds is 4. The molecule has 0 saturated carbocycles. The molecule has 0 amide bonds. The average molecular weight is 614 g/mol. The standard InChI is InChI=1S/C43H27N5/c1-3-15-28(16-4-1)39-40(29-17-5-2-6-18-29)46-42-41(45-39)38(47-34-23-11-7-19-30(34)31-20-8-12-24-35(31)47)27-44-43(42)48-36-25-13-9-21-32(36)33-22-10-14-26-37(33)48/h1-27H. The Balaban J connectivity index is 1.40. The minimum Gasteiger partial charge on any atom is -0.306 e. The Bertz CT molecular complexity index is 2530. The molecule has 48 heavy (non-hydrogen) atoms. The molecule has 0 unspecified atom stereocenters. The second-order valence-electron chi connectivity index (χ2n) is 12.1. The first kappa shape index (κ1) is 26.6. The highest BCUT2D eigenvalue weighted by atomic mass is 15.1. The van der Waals surface area contributed by atoms with Gasteiger partial charge in [0.25, 0.3) is 0 Å². The Morgan fingerprint density at radius 3 is 1.19 bits per heavy atom. The van der Waals surface area contributed by atoms with Crippen LogP contribution in [-0.2, 0) is 0 Å². The summed E-state index contributed by atoms with van der Waals surface area (Å²) in [5.41, 5.74) is 10.4. The van der Waals surface area contributed by atoms with E-state index >= 15 is 0 Å². The molecule has 0 aliphatic heterocycles. The smallest absolute Gasteiger partial charge is 0.166 e. The summed E-state index contributed by atoms with van der Waals surface area (Å²) in [6.07, 6.45) is 1.98. The molecule has 10 aromatic rings. The molecule has 10 rings (SSSR count). The van der Waals surface area contributed by atoms with E-state index in [-0.39, 0.29) is 0 Å². The maximum Gasteiger partial charge on any atom is 0.166 e. The second-order valence-corrected chi connectivity index (χ2v) is 12.1. The SMILES string of the molecule is c1ccc(-c2nc3c(-n4c5ccccc5c5ccccc54)cnc(-n4c5ccccc5c5ccccc54)c3nc2-c2ccccc2)cc1. The number of hydrogen-bond donors (Lipinski definition) is 0. The summed E-state index contributed by atoms with van der Waals surface area (Å²) in [7, 11) is 0. The van der Waals surface area contributed by atoms with Crippen LogP contribution in [0.2, 0.25) is 0 Å². The van der Waals surface area contributed by atoms with Gasteiger partial charge in [-0.2, -0.15) is 0 Å². The third-order valence-corrected chi connectivity index (χ3v) is 9.37. The van der Waals surface area contributed by atoms with E-state index in [4.69, 9.17) is 15.0 Å². The molecule has 224 valence electrons. The van der Waals surface area contributed by atoms with Crippen LogP contribution >= 0.6 is 0 Å². The molecule has 0 atom stereocenters. The number of fused-ring (bicyclic) bond motifs is 7. The summed E-state index contributed by atoms with van der Waals surface area (Å²) in [5, 5.41) is 4.72. The van der Waals surface area contributed by atoms with Gasteiger partial charge in [-0.1, -0.05) is 133 Å². The predicted octanol–water partition coefficient (Wildman–Crippen LogP) is 10.6. The molecule has 0 spiro atoms. The first-order chi connectivity index (χ1) is 23.8. The minimum absolute atomic E-state index is 0.736. The van der Waals surface area contributed by atoms with Gasteiger partial charge >= 0.3 is 0 Å². The van der Waals surface area contributed by atoms with E-state index in [9.17, 15) is 0 Å². The van der Waals surface area contributed by atoms with Crippen molar-refractivity contribution in [3.8, 4) is 34.0 Å². The number of hydrogen-bond acceptors (Lipinski definition) is 3. The maximum absolute atomic E-state index is 5.59. The van der Waals surface area contributed by atoms with Gasteiger partial charge in [0, 0.05) is 32.7 Å². The van der Waals surface area contributed by atoms with Crippen molar-refractivity contribution in [3.05, 3.63) is 164 Å². The van der Waals surface area contributed by atoms with Crippen LogP contribution in [0.25, 0.3) is 88.7 Å². The highest BCUT2D eigenvalue weighted by molar-refractivity contribution is 6.12. The molecule has 0 saturated heterocycles. The average Bonchev–Trinajstić information content (AvgIpc) is 3.68. The lowest BCUT2D eigenvalue weighted by Gasteiger charge is -2.17. The Kier molecular flexibility index (Phi) is 5.81. The van der Waals surface area contributed by atoms with Crippen molar-refractivity contribution in [2.45, 2.75) is 0 Å². The van der Waals surface area contributed by atoms with Gasteiger partial charge in [0.1, 0.15) is 11.0 Å². The van der Waals surface area contributed by atoms with Gasteiger partial charge in [-0.3, -0.25) is 4.57 Å². The summed E-state index contributed by atoms with van der Waals surface area (Å²) in [6.45, 7) is 0. The molecule has 5 nitrogen and oxygen atoms in total. The number of nitrogens with zero attached hydrogens (tertiary/aromatic N) is 5. The van der Waals surface area contributed by atoms with Gasteiger partial charge in [0.05, 0.1) is 45.3 Å². The second kappa shape index (κ2) is 10.5. The highest BCUT2D eigenvalue weighted by Crippen LogP contribution is 2.39. The lowest BCUT2D eigenvalue weighted by atomic mass is 10.0. The lowest BCUT2D eigenvalue weighted by molar-refractivity contribution is 1.06. The zero-order valence-electron chi connectivity index (χ0n) is 25.8. The van der Waals surface area contributed by atoms with Gasteiger partial charge in [0.2, 0.25) is 0 Å². The highest BCUT2D eigenvalue weighted by Gasteiger charge is 2.23. The molecule has 5 heteroatoms. The lowest BCUT2D eigenvalue weighted by Crippen LogP contribution is -2.07. The van der Waals surface area contributed by atoms with Crippen molar-refractivity contribution < 1.29 is 0 Å². The van der Waals surface area contributed by atoms with Crippen LogP contribution in [0.3, 0.4) is 0 Å². The van der Waals surface area contributed by atoms with Gasteiger partial charge in [-0.05, 0) is 24.3 Å². The molecular formula is C43H27N5. The van der Waals surface area contributed by atoms with Crippen LogP contribution < -0.4 is 0 Å². The van der Waals surface area contributed by atoms with Gasteiger partial charge < -0.3 is 4.57 Å². The summed E-state index contributed by atoms with van der Waals surface area (Å²) >= 11 is 0. The molecule has 0 bridgehead atoms. The van der Waals surface area contributed by atoms with Gasteiger partial charge in [-0.25, -0.2) is 15.0 Å². The van der Waals surface area contributed by atoms with Crippen LogP contribution in [0.1, 0.15) is 0 Å². The molecule has 4 heterocycles. The number of para-hydroxylation sites is 4. The molecular weight excluding hydrogens is 587 g/mol. The van der Waals surface area contributed by atoms with E-state index < -0.39 is 0 Å². The van der Waals surface area contributed by atoms with Crippen molar-refractivity contribution in [2.75, 3.05) is 0 Å². The minimum atomic E-state index is 0.736. The van der Waals surface area contributed by atoms with E-state index in [0.717, 1.165) is 67.1 Å². The van der Waals surface area contributed by atoms with Crippen molar-refractivity contribution in [2.24, 2.45) is 0 Å². The summed E-state index contributed by atoms with van der Waals surface area (Å²) < 4.78 is 4.54. The Morgan fingerprint density at radius 2 is 0.729 bits per heavy atom. The predicted molar refractivity (Wildman–Crippen MR) is 197 cm³/mol. The Labute approximate surface area is 276 Å². The van der Waals surface area contributed by atoms with Crippen molar-refractivity contribution in [1.29, 1.82) is 0 Å². The molecule has 0 N–H and O–H groups in total. The van der Waals surface area contributed by atoms with E-state index in [1.807, 2.05) is 18.3 Å². The third kappa shape index (κ3) is 3.88. The van der Waals surface area contributed by atoms with Crippen LogP contribution in [0.5, 0.6) is 0 Å². The van der Waals surface area contributed by atoms with Crippen molar-refractivity contribution >= 4 is 54.6 Å². The number of aromatic nitrogens is 5. The summed E-state index contributed by atoms with van der Waals surface area (Å²) in [6, 6.07) is 54.8. The summed E-state index contributed by atoms with van der Waals surface area (Å²) in [4.78, 5) is 16.4. The van der Waals surface area contributed by atoms with Gasteiger partial charge in [0.15, 0.2) is 5.82 Å². The largest absolute Gasteiger partial charge is 0.306 e. The fourth-order valence-electron chi connectivity index (χ4n) is 7.27. The van der Waals surface area contributed by atoms with Crippen LogP contribution in [0.15, 0.2) is 164 Å². The van der Waals surface area contributed by atoms with Crippen LogP contribution in [0, 0.1) is 0 Å². The fraction of sp³-hybridized carbons (Fsp3) is 0. The first-order valence-corrected chi connectivity index (χ1v) is 16.1. The third-order valence-electron chi connectivity index (χ3n) is 9.37. The van der Waals surface area contributed by atoms with Crippen molar-refractivity contribution in [1.82, 2.24) is 24.1 Å². The molecule has 6 aromatic carbocycles. The first-order valence-electron chi connectivity index (χ1n) is 16.1. The number of pyridine rings is 1. The Morgan fingerprint density at radius 1 is 0.354 bits per heavy atom. The molecule has 0 fully saturated rings. The summed E-state index contributed by atoms with van der Waals surface area (Å²) in [5.74, 6) is 0.746. The zero-order chi connectivity index (χ0) is 31.6. The molecule has 4 aromatic heterocycles. The zero-order valence-corrected chi connectivity index (χ0v) is 25.8. The van der Waals surface area contributed by atoms with E-state index in [1.165, 1.54) is 21.5 Å². The van der Waals surface area contributed by atoms with E-state index in [0.29, 0.717) is 0 Å². The monoisotopic (exact) mass is 613 g/mol. The number of benzene rings is 6. The Hall–Kier alpha value is -6.59. The quantitative estimate of drug-likeness (QED) is 0.198. The van der Waals surface area contributed by atoms with Crippen LogP contribution in [0.4, 0.5) is 0 Å². The van der Waals surface area contributed by atoms with E-state index in [2.05, 4.69) is 155 Å². The maximum atomic E-state index is 5.59. The van der Waals surface area contributed by atoms with Crippen LogP contribution in [-0.4, -0.2) is 24.1 Å². The van der Waals surface area contributed by atoms with Gasteiger partial charge in [-0.15, -0.1) is 0 Å². The molecule has 0 aliphatic carbocycles. The molecule has 0 radical (unpaired) electrons.